The number of rotatable bonds is 7. The lowest BCUT2D eigenvalue weighted by molar-refractivity contribution is -0.119. The summed E-state index contributed by atoms with van der Waals surface area (Å²) in [6.07, 6.45) is 2.69. The summed E-state index contributed by atoms with van der Waals surface area (Å²) in [6.45, 7) is 7.18. The van der Waals surface area contributed by atoms with E-state index in [0.29, 0.717) is 42.5 Å². The number of nitrogens with zero attached hydrogens (tertiary/aromatic N) is 5. The predicted octanol–water partition coefficient (Wildman–Crippen LogP) is 2.55. The quantitative estimate of drug-likeness (QED) is 0.494. The van der Waals surface area contributed by atoms with E-state index in [2.05, 4.69) is 30.6 Å². The Balaban J connectivity index is 1.57. The van der Waals surface area contributed by atoms with Gasteiger partial charge in [0.05, 0.1) is 21.9 Å². The van der Waals surface area contributed by atoms with E-state index in [1.807, 2.05) is 18.7 Å². The fraction of sp³-hybridized carbons (Fsp3) is 0.476. The number of thiazole rings is 1. The van der Waals surface area contributed by atoms with Gasteiger partial charge >= 0.3 is 0 Å². The fourth-order valence-electron chi connectivity index (χ4n) is 3.84. The number of anilines is 1. The summed E-state index contributed by atoms with van der Waals surface area (Å²) >= 11 is 1.44. The van der Waals surface area contributed by atoms with Crippen molar-refractivity contribution in [3.05, 3.63) is 40.5 Å². The summed E-state index contributed by atoms with van der Waals surface area (Å²) in [6, 6.07) is 1.11. The molecule has 3 aromatic heterocycles. The van der Waals surface area contributed by atoms with Gasteiger partial charge in [0, 0.05) is 32.8 Å². The number of aliphatic hydroxyl groups is 1. The maximum Gasteiger partial charge on any atom is 0.225 e. The number of carbonyl (C=O) groups is 1. The summed E-state index contributed by atoms with van der Waals surface area (Å²) in [5.74, 6) is 0.108. The summed E-state index contributed by atoms with van der Waals surface area (Å²) in [4.78, 5) is 30.6. The average molecular weight is 460 g/mol. The summed E-state index contributed by atoms with van der Waals surface area (Å²) < 4.78 is 14.3. The third kappa shape index (κ3) is 5.00. The van der Waals surface area contributed by atoms with Gasteiger partial charge in [-0.2, -0.15) is 4.98 Å². The lowest BCUT2D eigenvalue weighted by Crippen LogP contribution is -2.31. The molecule has 1 fully saturated rings. The maximum absolute atomic E-state index is 13.6. The molecular formula is C21H26FN7O2S. The highest BCUT2D eigenvalue weighted by Gasteiger charge is 2.31. The lowest BCUT2D eigenvalue weighted by atomic mass is 10.1. The molecule has 1 aliphatic rings. The van der Waals surface area contributed by atoms with Gasteiger partial charge in [-0.3, -0.25) is 14.7 Å². The van der Waals surface area contributed by atoms with Gasteiger partial charge in [0.15, 0.2) is 11.9 Å². The number of pyridine rings is 1. The SMILES string of the molecule is CC(=O)NC[C@H]1CCN(C(O)c2nc(NC(C)c3cncc(F)c3)nc3nc(C)sc23)C1. The zero-order chi connectivity index (χ0) is 22.8. The average Bonchev–Trinajstić information content (AvgIpc) is 3.37. The van der Waals surface area contributed by atoms with Crippen LogP contribution in [-0.2, 0) is 4.79 Å². The van der Waals surface area contributed by atoms with E-state index >= 15 is 0 Å². The van der Waals surface area contributed by atoms with Crippen LogP contribution in [0.2, 0.25) is 0 Å². The van der Waals surface area contributed by atoms with Crippen molar-refractivity contribution in [2.75, 3.05) is 25.0 Å². The number of carbonyl (C=O) groups excluding carboxylic acids is 1. The minimum atomic E-state index is -0.922. The van der Waals surface area contributed by atoms with Crippen LogP contribution < -0.4 is 10.6 Å². The molecule has 1 amide bonds. The second-order valence-electron chi connectivity index (χ2n) is 8.08. The fourth-order valence-corrected chi connectivity index (χ4v) is 4.71. The largest absolute Gasteiger partial charge is 0.372 e. The Kier molecular flexibility index (Phi) is 6.58. The van der Waals surface area contributed by atoms with Crippen molar-refractivity contribution in [3.63, 3.8) is 0 Å². The number of hydrogen-bond acceptors (Lipinski definition) is 9. The van der Waals surface area contributed by atoms with Gasteiger partial charge in [-0.1, -0.05) is 0 Å². The first-order chi connectivity index (χ1) is 15.3. The number of nitrogens with one attached hydrogen (secondary N) is 2. The molecule has 4 heterocycles. The molecule has 0 saturated carbocycles. The molecular weight excluding hydrogens is 433 g/mol. The first-order valence-corrected chi connectivity index (χ1v) is 11.3. The van der Waals surface area contributed by atoms with Crippen molar-refractivity contribution >= 4 is 33.5 Å². The van der Waals surface area contributed by atoms with E-state index in [1.165, 1.54) is 24.3 Å². The summed E-state index contributed by atoms with van der Waals surface area (Å²) in [5, 5.41) is 18.0. The van der Waals surface area contributed by atoms with Crippen LogP contribution in [0.1, 0.15) is 48.8 Å². The first kappa shape index (κ1) is 22.4. The van der Waals surface area contributed by atoms with Crippen molar-refractivity contribution < 1.29 is 14.3 Å². The van der Waals surface area contributed by atoms with E-state index in [4.69, 9.17) is 0 Å². The number of fused-ring (bicyclic) bond motifs is 1. The lowest BCUT2D eigenvalue weighted by Gasteiger charge is -2.23. The van der Waals surface area contributed by atoms with Gasteiger partial charge in [0.2, 0.25) is 11.9 Å². The minimum Gasteiger partial charge on any atom is -0.372 e. The van der Waals surface area contributed by atoms with Crippen molar-refractivity contribution in [1.82, 2.24) is 30.2 Å². The molecule has 3 N–H and O–H groups in total. The predicted molar refractivity (Wildman–Crippen MR) is 120 cm³/mol. The van der Waals surface area contributed by atoms with Crippen molar-refractivity contribution in [1.29, 1.82) is 0 Å². The third-order valence-corrected chi connectivity index (χ3v) is 6.49. The molecule has 0 spiro atoms. The van der Waals surface area contributed by atoms with E-state index in [1.54, 1.807) is 6.20 Å². The molecule has 3 aromatic rings. The number of aryl methyl sites for hydroxylation is 1. The van der Waals surface area contributed by atoms with Crippen LogP contribution in [0.3, 0.4) is 0 Å². The van der Waals surface area contributed by atoms with E-state index < -0.39 is 12.0 Å². The minimum absolute atomic E-state index is 0.0556. The molecule has 0 aliphatic carbocycles. The number of aromatic nitrogens is 4. The molecule has 2 unspecified atom stereocenters. The Morgan fingerprint density at radius 1 is 1.38 bits per heavy atom. The molecule has 170 valence electrons. The Labute approximate surface area is 189 Å². The second-order valence-corrected chi connectivity index (χ2v) is 9.28. The van der Waals surface area contributed by atoms with Crippen LogP contribution >= 0.6 is 11.3 Å². The van der Waals surface area contributed by atoms with Gasteiger partial charge < -0.3 is 15.7 Å². The Hall–Kier alpha value is -2.76. The highest BCUT2D eigenvalue weighted by Crippen LogP contribution is 2.33. The molecule has 1 aliphatic heterocycles. The van der Waals surface area contributed by atoms with Crippen molar-refractivity contribution in [2.24, 2.45) is 5.92 Å². The normalized spacial score (nSPS) is 18.6. The standard InChI is InChI=1S/C21H26FN7O2S/c1-11(15-6-16(22)9-23-8-15)25-21-27-17(18-19(28-21)26-13(3)32-18)20(31)29-5-4-14(10-29)7-24-12(2)30/h6,8-9,11,14,20,31H,4-5,7,10H2,1-3H3,(H,24,30)(H,25,27,28)/t11?,14-,20?/m1/s1. The smallest absolute Gasteiger partial charge is 0.225 e. The van der Waals surface area contributed by atoms with Crippen LogP contribution in [0.25, 0.3) is 10.3 Å². The van der Waals surface area contributed by atoms with Crippen LogP contribution in [0.4, 0.5) is 10.3 Å². The van der Waals surface area contributed by atoms with E-state index in [0.717, 1.165) is 22.3 Å². The van der Waals surface area contributed by atoms with Crippen LogP contribution in [0.5, 0.6) is 0 Å². The number of likely N-dealkylation sites (tertiary alicyclic amines) is 1. The zero-order valence-corrected chi connectivity index (χ0v) is 19.0. The molecule has 0 radical (unpaired) electrons. The van der Waals surface area contributed by atoms with E-state index in [-0.39, 0.29) is 17.9 Å². The molecule has 0 bridgehead atoms. The van der Waals surface area contributed by atoms with Gasteiger partial charge in [-0.25, -0.2) is 14.4 Å². The molecule has 9 nitrogen and oxygen atoms in total. The number of halogens is 1. The Morgan fingerprint density at radius 2 is 2.19 bits per heavy atom. The monoisotopic (exact) mass is 459 g/mol. The summed E-state index contributed by atoms with van der Waals surface area (Å²) in [7, 11) is 0. The Bertz CT molecular complexity index is 1120. The second kappa shape index (κ2) is 9.39. The van der Waals surface area contributed by atoms with Crippen molar-refractivity contribution in [2.45, 2.75) is 39.5 Å². The van der Waals surface area contributed by atoms with Gasteiger partial charge in [-0.05, 0) is 37.8 Å². The molecule has 0 aromatic carbocycles. The Morgan fingerprint density at radius 3 is 2.94 bits per heavy atom. The number of hydrogen-bond donors (Lipinski definition) is 3. The molecule has 3 atom stereocenters. The van der Waals surface area contributed by atoms with E-state index in [9.17, 15) is 14.3 Å². The van der Waals surface area contributed by atoms with Crippen LogP contribution in [-0.4, -0.2) is 55.5 Å². The zero-order valence-electron chi connectivity index (χ0n) is 18.2. The molecule has 4 rings (SSSR count). The summed E-state index contributed by atoms with van der Waals surface area (Å²) in [5.41, 5.74) is 1.66. The molecule has 11 heteroatoms. The molecule has 32 heavy (non-hydrogen) atoms. The molecule has 1 saturated heterocycles. The van der Waals surface area contributed by atoms with Gasteiger partial charge in [0.1, 0.15) is 11.5 Å². The van der Waals surface area contributed by atoms with Gasteiger partial charge in [0.25, 0.3) is 0 Å². The first-order valence-electron chi connectivity index (χ1n) is 10.5. The number of amides is 1. The van der Waals surface area contributed by atoms with Crippen LogP contribution in [0, 0.1) is 18.7 Å². The van der Waals surface area contributed by atoms with Gasteiger partial charge in [-0.15, -0.1) is 11.3 Å². The highest BCUT2D eigenvalue weighted by molar-refractivity contribution is 7.18. The highest BCUT2D eigenvalue weighted by atomic mass is 32.1. The topological polar surface area (TPSA) is 116 Å². The maximum atomic E-state index is 13.6. The van der Waals surface area contributed by atoms with Crippen molar-refractivity contribution in [3.8, 4) is 0 Å². The van der Waals surface area contributed by atoms with Crippen LogP contribution in [0.15, 0.2) is 18.5 Å². The number of aliphatic hydroxyl groups excluding tert-OH is 1. The third-order valence-electron chi connectivity index (χ3n) is 5.51.